The maximum absolute atomic E-state index is 8.43. The smallest absolute Gasteiger partial charge is 0.0800 e. The van der Waals surface area contributed by atoms with Gasteiger partial charge in [0.15, 0.2) is 0 Å². The first-order chi connectivity index (χ1) is 8.77. The summed E-state index contributed by atoms with van der Waals surface area (Å²) in [6.45, 7) is 0. The van der Waals surface area contributed by atoms with Crippen molar-refractivity contribution in [2.24, 2.45) is 0 Å². The van der Waals surface area contributed by atoms with Gasteiger partial charge >= 0.3 is 0 Å². The van der Waals surface area contributed by atoms with E-state index in [0.29, 0.717) is 17.3 Å². The summed E-state index contributed by atoms with van der Waals surface area (Å²) in [6, 6.07) is 8.12. The number of thiophene rings is 1. The highest BCUT2D eigenvalue weighted by atomic mass is 32.1. The number of nitrogens with one attached hydrogen (secondary N) is 2. The average molecular weight is 252 g/mol. The Morgan fingerprint density at radius 3 is 2.61 bits per heavy atom. The van der Waals surface area contributed by atoms with E-state index in [9.17, 15) is 0 Å². The van der Waals surface area contributed by atoms with Crippen LogP contribution in [0.5, 0.6) is 0 Å². The van der Waals surface area contributed by atoms with Crippen molar-refractivity contribution in [1.82, 2.24) is 0 Å². The van der Waals surface area contributed by atoms with Gasteiger partial charge in [-0.2, -0.15) is 0 Å². The third kappa shape index (κ3) is 1.22. The van der Waals surface area contributed by atoms with Gasteiger partial charge in [-0.25, -0.2) is 0 Å². The van der Waals surface area contributed by atoms with Crippen molar-refractivity contribution in [3.05, 3.63) is 56.8 Å². The molecule has 1 saturated carbocycles. The van der Waals surface area contributed by atoms with E-state index in [1.54, 1.807) is 11.3 Å². The van der Waals surface area contributed by atoms with Gasteiger partial charge in [-0.3, -0.25) is 10.8 Å². The summed E-state index contributed by atoms with van der Waals surface area (Å²) in [7, 11) is 0. The van der Waals surface area contributed by atoms with Gasteiger partial charge in [0.05, 0.1) is 16.3 Å². The van der Waals surface area contributed by atoms with E-state index in [2.05, 4.69) is 6.07 Å². The lowest BCUT2D eigenvalue weighted by atomic mass is 9.84. The molecule has 0 unspecified atom stereocenters. The normalized spacial score (nSPS) is 17.6. The van der Waals surface area contributed by atoms with Crippen molar-refractivity contribution in [3.63, 3.8) is 0 Å². The first kappa shape index (κ1) is 10.2. The van der Waals surface area contributed by atoms with Crippen LogP contribution in [0.15, 0.2) is 29.6 Å². The quantitative estimate of drug-likeness (QED) is 0.662. The molecule has 0 aliphatic heterocycles. The Morgan fingerprint density at radius 1 is 1.00 bits per heavy atom. The van der Waals surface area contributed by atoms with Crippen molar-refractivity contribution in [2.75, 3.05) is 0 Å². The molecule has 2 N–H and O–H groups in total. The van der Waals surface area contributed by atoms with Crippen LogP contribution in [0, 0.1) is 10.8 Å². The number of fused-ring (bicyclic) bond motifs is 2. The van der Waals surface area contributed by atoms with Crippen LogP contribution in [0.4, 0.5) is 0 Å². The molecule has 2 aliphatic carbocycles. The second-order valence-corrected chi connectivity index (χ2v) is 5.87. The molecule has 0 amide bonds. The molecule has 1 fully saturated rings. The zero-order valence-electron chi connectivity index (χ0n) is 9.79. The summed E-state index contributed by atoms with van der Waals surface area (Å²) in [5.41, 5.74) is 5.36. The Kier molecular flexibility index (Phi) is 1.92. The fourth-order valence-corrected chi connectivity index (χ4v) is 3.61. The maximum Gasteiger partial charge on any atom is 0.0800 e. The van der Waals surface area contributed by atoms with Crippen LogP contribution in [0.2, 0.25) is 0 Å². The molecule has 3 heteroatoms. The van der Waals surface area contributed by atoms with Crippen LogP contribution in [0.1, 0.15) is 45.9 Å². The summed E-state index contributed by atoms with van der Waals surface area (Å²) < 4.78 is 0. The first-order valence-corrected chi connectivity index (χ1v) is 7.04. The lowest BCUT2D eigenvalue weighted by Crippen LogP contribution is -2.20. The lowest BCUT2D eigenvalue weighted by molar-refractivity contribution is 1.12. The van der Waals surface area contributed by atoms with Crippen LogP contribution < -0.4 is 0 Å². The Labute approximate surface area is 109 Å². The van der Waals surface area contributed by atoms with E-state index in [1.165, 1.54) is 18.4 Å². The molecule has 0 spiro atoms. The van der Waals surface area contributed by atoms with Crippen molar-refractivity contribution in [1.29, 1.82) is 10.8 Å². The zero-order valence-corrected chi connectivity index (χ0v) is 10.6. The van der Waals surface area contributed by atoms with E-state index in [-0.39, 0.29) is 0 Å². The van der Waals surface area contributed by atoms with E-state index in [4.69, 9.17) is 10.8 Å². The third-order valence-corrected chi connectivity index (χ3v) is 4.73. The third-order valence-electron chi connectivity index (χ3n) is 3.79. The molecule has 1 aromatic heterocycles. The van der Waals surface area contributed by atoms with Crippen molar-refractivity contribution < 1.29 is 0 Å². The van der Waals surface area contributed by atoms with Gasteiger partial charge in [0, 0.05) is 16.7 Å². The van der Waals surface area contributed by atoms with E-state index >= 15 is 0 Å². The standard InChI is InChI=1S/C15H12N2S/c16-13-10-3-1-2-9(8-4-5-8)12(10)14(17)15-11(13)6-7-18-15/h1-3,6-8,16-17H,4-5H2. The highest BCUT2D eigenvalue weighted by Crippen LogP contribution is 2.44. The van der Waals surface area contributed by atoms with Crippen LogP contribution in [-0.2, 0) is 0 Å². The SMILES string of the molecule is N=C1c2ccsc2C(=N)c2c1cccc2C1CC1. The molecule has 2 nitrogen and oxygen atoms in total. The average Bonchev–Trinajstić information content (AvgIpc) is 3.11. The van der Waals surface area contributed by atoms with Crippen LogP contribution in [0.3, 0.4) is 0 Å². The largest absolute Gasteiger partial charge is 0.300 e. The Balaban J connectivity index is 2.02. The summed E-state index contributed by atoms with van der Waals surface area (Å²) in [6.07, 6.45) is 2.46. The number of benzene rings is 1. The molecule has 1 aromatic carbocycles. The molecule has 4 rings (SSSR count). The highest BCUT2D eigenvalue weighted by molar-refractivity contribution is 7.13. The highest BCUT2D eigenvalue weighted by Gasteiger charge is 2.33. The molecular weight excluding hydrogens is 240 g/mol. The topological polar surface area (TPSA) is 47.7 Å². The lowest BCUT2D eigenvalue weighted by Gasteiger charge is -2.21. The molecule has 0 saturated heterocycles. The molecule has 0 atom stereocenters. The van der Waals surface area contributed by atoms with Gasteiger partial charge in [-0.15, -0.1) is 11.3 Å². The molecule has 2 aliphatic rings. The summed E-state index contributed by atoms with van der Waals surface area (Å²) in [5, 5.41) is 18.7. The predicted octanol–water partition coefficient (Wildman–Crippen LogP) is 3.77. The Morgan fingerprint density at radius 2 is 1.83 bits per heavy atom. The molecule has 18 heavy (non-hydrogen) atoms. The van der Waals surface area contributed by atoms with Crippen LogP contribution in [0.25, 0.3) is 0 Å². The monoisotopic (exact) mass is 252 g/mol. The molecule has 0 radical (unpaired) electrons. The van der Waals surface area contributed by atoms with E-state index in [0.717, 1.165) is 21.6 Å². The second kappa shape index (κ2) is 3.39. The van der Waals surface area contributed by atoms with Gasteiger partial charge in [0.1, 0.15) is 0 Å². The van der Waals surface area contributed by atoms with E-state index < -0.39 is 0 Å². The van der Waals surface area contributed by atoms with Crippen molar-refractivity contribution in [2.45, 2.75) is 18.8 Å². The fraction of sp³-hybridized carbons (Fsp3) is 0.200. The van der Waals surface area contributed by atoms with Gasteiger partial charge in [0.2, 0.25) is 0 Å². The molecular formula is C15H12N2S. The zero-order chi connectivity index (χ0) is 12.3. The summed E-state index contributed by atoms with van der Waals surface area (Å²) in [4.78, 5) is 0.959. The van der Waals surface area contributed by atoms with Crippen molar-refractivity contribution >= 4 is 22.8 Å². The van der Waals surface area contributed by atoms with E-state index in [1.807, 2.05) is 23.6 Å². The molecule has 2 aromatic rings. The maximum atomic E-state index is 8.43. The number of rotatable bonds is 1. The second-order valence-electron chi connectivity index (χ2n) is 4.96. The fourth-order valence-electron chi connectivity index (χ4n) is 2.75. The van der Waals surface area contributed by atoms with Gasteiger partial charge < -0.3 is 0 Å². The van der Waals surface area contributed by atoms with Crippen LogP contribution in [-0.4, -0.2) is 11.4 Å². The predicted molar refractivity (Wildman–Crippen MR) is 74.6 cm³/mol. The number of hydrogen-bond acceptors (Lipinski definition) is 3. The molecule has 0 bridgehead atoms. The van der Waals surface area contributed by atoms with Crippen molar-refractivity contribution in [3.8, 4) is 0 Å². The van der Waals surface area contributed by atoms with Crippen LogP contribution >= 0.6 is 11.3 Å². The Hall–Kier alpha value is -1.74. The minimum atomic E-state index is 0.583. The van der Waals surface area contributed by atoms with Gasteiger partial charge in [0.25, 0.3) is 0 Å². The number of hydrogen-bond donors (Lipinski definition) is 2. The first-order valence-electron chi connectivity index (χ1n) is 6.16. The minimum absolute atomic E-state index is 0.583. The summed E-state index contributed by atoms with van der Waals surface area (Å²) in [5.74, 6) is 0.620. The van der Waals surface area contributed by atoms with Gasteiger partial charge in [-0.05, 0) is 35.8 Å². The summed E-state index contributed by atoms with van der Waals surface area (Å²) >= 11 is 1.58. The Bertz CT molecular complexity index is 692. The van der Waals surface area contributed by atoms with Gasteiger partial charge in [-0.1, -0.05) is 18.2 Å². The minimum Gasteiger partial charge on any atom is -0.300 e. The molecule has 1 heterocycles. The molecule has 88 valence electrons.